The average molecular weight is 355 g/mol. The molecule has 0 spiro atoms. The number of ether oxygens (including phenoxy) is 1. The minimum Gasteiger partial charge on any atom is -0.490 e. The van der Waals surface area contributed by atoms with Crippen LogP contribution in [0, 0.1) is 17.0 Å². The summed E-state index contributed by atoms with van der Waals surface area (Å²) in [6, 6.07) is 9.24. The highest BCUT2D eigenvalue weighted by molar-refractivity contribution is 5.91. The van der Waals surface area contributed by atoms with E-state index in [9.17, 15) is 20.0 Å². The molecule has 132 valence electrons. The van der Waals surface area contributed by atoms with Crippen LogP contribution in [0.15, 0.2) is 46.6 Å². The average Bonchev–Trinajstić information content (AvgIpc) is 3.00. The second-order valence-electron chi connectivity index (χ2n) is 5.26. The zero-order valence-corrected chi connectivity index (χ0v) is 13.8. The summed E-state index contributed by atoms with van der Waals surface area (Å²) in [5, 5.41) is 28.4. The van der Waals surface area contributed by atoms with Gasteiger partial charge in [0.25, 0.3) is 0 Å². The molecule has 0 aliphatic heterocycles. The number of nitro groups is 1. The number of benzene rings is 1. The van der Waals surface area contributed by atoms with Crippen molar-refractivity contribution in [3.8, 4) is 5.75 Å². The smallest absolute Gasteiger partial charge is 0.358 e. The summed E-state index contributed by atoms with van der Waals surface area (Å²) in [6.45, 7) is 1.78. The van der Waals surface area contributed by atoms with Gasteiger partial charge in [-0.3, -0.25) is 14.5 Å². The predicted octanol–water partition coefficient (Wildman–Crippen LogP) is 3.67. The summed E-state index contributed by atoms with van der Waals surface area (Å²) in [5.74, 6) is -1.13. The topological polar surface area (TPSA) is 132 Å². The van der Waals surface area contributed by atoms with Crippen molar-refractivity contribution in [2.24, 2.45) is 10.2 Å². The molecule has 3 aromatic rings. The van der Waals surface area contributed by atoms with Crippen molar-refractivity contribution in [2.45, 2.75) is 6.92 Å². The molecule has 1 N–H and O–H groups in total. The predicted molar refractivity (Wildman–Crippen MR) is 90.7 cm³/mol. The van der Waals surface area contributed by atoms with Gasteiger partial charge in [0, 0.05) is 11.8 Å². The Hall–Kier alpha value is -3.82. The van der Waals surface area contributed by atoms with E-state index in [0.717, 1.165) is 5.69 Å². The van der Waals surface area contributed by atoms with Crippen LogP contribution >= 0.6 is 0 Å². The lowest BCUT2D eigenvalue weighted by atomic mass is 10.2. The highest BCUT2D eigenvalue weighted by Crippen LogP contribution is 2.32. The van der Waals surface area contributed by atoms with Crippen molar-refractivity contribution in [2.75, 3.05) is 7.11 Å². The molecule has 2 aromatic heterocycles. The van der Waals surface area contributed by atoms with Gasteiger partial charge in [-0.25, -0.2) is 9.78 Å². The SMILES string of the molecule is COc1ccc(N=Nc2c(C(=O)O)nc3cccc(C)n23)cc1[N+](=O)[O-]. The summed E-state index contributed by atoms with van der Waals surface area (Å²) in [4.78, 5) is 26.0. The molecule has 0 bridgehead atoms. The molecule has 0 unspecified atom stereocenters. The third kappa shape index (κ3) is 2.95. The van der Waals surface area contributed by atoms with Crippen LogP contribution in [0.4, 0.5) is 17.2 Å². The quantitative estimate of drug-likeness (QED) is 0.422. The minimum atomic E-state index is -1.25. The zero-order valence-electron chi connectivity index (χ0n) is 13.8. The number of methoxy groups -OCH3 is 1. The van der Waals surface area contributed by atoms with Crippen LogP contribution in [-0.2, 0) is 0 Å². The van der Waals surface area contributed by atoms with Gasteiger partial charge >= 0.3 is 11.7 Å². The third-order valence-corrected chi connectivity index (χ3v) is 3.64. The number of carbonyl (C=O) groups is 1. The Bertz CT molecular complexity index is 1060. The van der Waals surface area contributed by atoms with Gasteiger partial charge in [0.1, 0.15) is 5.65 Å². The summed E-state index contributed by atoms with van der Waals surface area (Å²) < 4.78 is 6.48. The van der Waals surface area contributed by atoms with E-state index in [1.807, 2.05) is 0 Å². The van der Waals surface area contributed by atoms with Crippen LogP contribution in [-0.4, -0.2) is 32.5 Å². The standard InChI is InChI=1S/C16H13N5O5/c1-9-4-3-5-13-17-14(16(22)23)15(20(9)13)19-18-10-6-7-12(26-2)11(8-10)21(24)25/h3-8H,1-2H3,(H,22,23). The summed E-state index contributed by atoms with van der Waals surface area (Å²) in [5.41, 5.74) is 0.786. The molecule has 0 radical (unpaired) electrons. The summed E-state index contributed by atoms with van der Waals surface area (Å²) in [7, 11) is 1.32. The van der Waals surface area contributed by atoms with E-state index >= 15 is 0 Å². The first-order valence-corrected chi connectivity index (χ1v) is 7.38. The van der Waals surface area contributed by atoms with Gasteiger partial charge in [0.2, 0.25) is 0 Å². The number of carboxylic acid groups (broad SMARTS) is 1. The van der Waals surface area contributed by atoms with E-state index in [0.29, 0.717) is 5.65 Å². The number of pyridine rings is 1. The van der Waals surface area contributed by atoms with Crippen LogP contribution in [0.25, 0.3) is 5.65 Å². The highest BCUT2D eigenvalue weighted by atomic mass is 16.6. The number of hydrogen-bond acceptors (Lipinski definition) is 7. The molecule has 26 heavy (non-hydrogen) atoms. The molecular weight excluding hydrogens is 342 g/mol. The molecule has 0 aliphatic carbocycles. The van der Waals surface area contributed by atoms with Gasteiger partial charge in [-0.05, 0) is 31.2 Å². The van der Waals surface area contributed by atoms with Gasteiger partial charge in [-0.15, -0.1) is 10.2 Å². The number of azo groups is 1. The van der Waals surface area contributed by atoms with Crippen molar-refractivity contribution in [1.82, 2.24) is 9.38 Å². The van der Waals surface area contributed by atoms with Crippen LogP contribution in [0.2, 0.25) is 0 Å². The molecule has 0 amide bonds. The largest absolute Gasteiger partial charge is 0.490 e. The molecule has 1 aromatic carbocycles. The number of aryl methyl sites for hydroxylation is 1. The molecule has 3 rings (SSSR count). The van der Waals surface area contributed by atoms with Gasteiger partial charge in [0.05, 0.1) is 17.7 Å². The Labute approximate surface area is 146 Å². The van der Waals surface area contributed by atoms with Crippen molar-refractivity contribution in [3.05, 3.63) is 57.9 Å². The Balaban J connectivity index is 2.12. The Morgan fingerprint density at radius 2 is 2.08 bits per heavy atom. The van der Waals surface area contributed by atoms with Crippen LogP contribution in [0.5, 0.6) is 5.75 Å². The van der Waals surface area contributed by atoms with Crippen LogP contribution < -0.4 is 4.74 Å². The first-order chi connectivity index (χ1) is 12.4. The molecular formula is C16H13N5O5. The Morgan fingerprint density at radius 1 is 1.31 bits per heavy atom. The lowest BCUT2D eigenvalue weighted by Gasteiger charge is -2.02. The molecule has 2 heterocycles. The van der Waals surface area contributed by atoms with Gasteiger partial charge in [-0.1, -0.05) is 6.07 Å². The first-order valence-electron chi connectivity index (χ1n) is 7.38. The van der Waals surface area contributed by atoms with Gasteiger partial charge < -0.3 is 9.84 Å². The fourth-order valence-corrected chi connectivity index (χ4v) is 2.46. The third-order valence-electron chi connectivity index (χ3n) is 3.64. The number of rotatable bonds is 5. The summed E-state index contributed by atoms with van der Waals surface area (Å²) >= 11 is 0. The maximum absolute atomic E-state index is 11.5. The fourth-order valence-electron chi connectivity index (χ4n) is 2.46. The Morgan fingerprint density at radius 3 is 2.73 bits per heavy atom. The molecule has 10 nitrogen and oxygen atoms in total. The second kappa shape index (κ2) is 6.59. The lowest BCUT2D eigenvalue weighted by Crippen LogP contribution is -1.97. The number of nitrogens with zero attached hydrogens (tertiary/aromatic N) is 5. The van der Waals surface area contributed by atoms with E-state index in [-0.39, 0.29) is 28.6 Å². The number of imidazole rings is 1. The monoisotopic (exact) mass is 355 g/mol. The normalized spacial score (nSPS) is 11.2. The van der Waals surface area contributed by atoms with Crippen LogP contribution in [0.3, 0.4) is 0 Å². The number of carboxylic acids is 1. The summed E-state index contributed by atoms with van der Waals surface area (Å²) in [6.07, 6.45) is 0. The van der Waals surface area contributed by atoms with Crippen molar-refractivity contribution in [1.29, 1.82) is 0 Å². The molecule has 0 saturated heterocycles. The molecule has 10 heteroatoms. The number of nitro benzene ring substituents is 1. The second-order valence-corrected chi connectivity index (χ2v) is 5.26. The van der Waals surface area contributed by atoms with Crippen molar-refractivity contribution < 1.29 is 19.6 Å². The van der Waals surface area contributed by atoms with E-state index in [2.05, 4.69) is 15.2 Å². The van der Waals surface area contributed by atoms with Crippen LogP contribution in [0.1, 0.15) is 16.2 Å². The number of fused-ring (bicyclic) bond motifs is 1. The molecule has 0 saturated carbocycles. The lowest BCUT2D eigenvalue weighted by molar-refractivity contribution is -0.385. The van der Waals surface area contributed by atoms with Crippen molar-refractivity contribution >= 4 is 28.8 Å². The fraction of sp³-hybridized carbons (Fsp3) is 0.125. The van der Waals surface area contributed by atoms with Crippen molar-refractivity contribution in [3.63, 3.8) is 0 Å². The van der Waals surface area contributed by atoms with E-state index < -0.39 is 10.9 Å². The zero-order chi connectivity index (χ0) is 18.8. The van der Waals surface area contributed by atoms with E-state index in [1.54, 1.807) is 29.5 Å². The van der Waals surface area contributed by atoms with E-state index in [4.69, 9.17) is 4.74 Å². The number of hydrogen-bond donors (Lipinski definition) is 1. The number of aromatic nitrogens is 2. The molecule has 0 atom stereocenters. The maximum atomic E-state index is 11.5. The maximum Gasteiger partial charge on any atom is 0.358 e. The Kier molecular flexibility index (Phi) is 4.31. The van der Waals surface area contributed by atoms with Gasteiger partial charge in [-0.2, -0.15) is 0 Å². The van der Waals surface area contributed by atoms with Gasteiger partial charge in [0.15, 0.2) is 17.3 Å². The minimum absolute atomic E-state index is 0.0315. The number of aromatic carboxylic acids is 1. The molecule has 0 aliphatic rings. The molecule has 0 fully saturated rings. The first kappa shape index (κ1) is 17.0. The van der Waals surface area contributed by atoms with E-state index in [1.165, 1.54) is 25.3 Å². The highest BCUT2D eigenvalue weighted by Gasteiger charge is 2.20.